The molecule has 3 N–H and O–H groups in total. The van der Waals surface area contributed by atoms with Crippen LogP contribution in [0.25, 0.3) is 0 Å². The van der Waals surface area contributed by atoms with Crippen LogP contribution in [0.4, 0.5) is 0 Å². The van der Waals surface area contributed by atoms with Gasteiger partial charge in [0.15, 0.2) is 0 Å². The van der Waals surface area contributed by atoms with Crippen molar-refractivity contribution in [1.82, 2.24) is 15.2 Å². The number of nitrogens with zero attached hydrogens (tertiary/aromatic N) is 2. The summed E-state index contributed by atoms with van der Waals surface area (Å²) in [6.07, 6.45) is 5.18. The van der Waals surface area contributed by atoms with Gasteiger partial charge in [-0.2, -0.15) is 5.10 Å². The van der Waals surface area contributed by atoms with Gasteiger partial charge in [0.1, 0.15) is 0 Å². The fourth-order valence-electron chi connectivity index (χ4n) is 2.23. The Morgan fingerprint density at radius 3 is 2.73 bits per heavy atom. The number of hydrogen-bond donors (Lipinski definition) is 2. The summed E-state index contributed by atoms with van der Waals surface area (Å²) < 4.78 is 7.38. The van der Waals surface area contributed by atoms with E-state index in [9.17, 15) is 0 Å². The smallest absolute Gasteiger partial charge is 0.0939 e. The van der Waals surface area contributed by atoms with Gasteiger partial charge in [0.05, 0.1) is 17.3 Å². The van der Waals surface area contributed by atoms with E-state index < -0.39 is 0 Å². The van der Waals surface area contributed by atoms with Gasteiger partial charge in [-0.15, -0.1) is 0 Å². The van der Waals surface area contributed by atoms with Crippen LogP contribution in [0.15, 0.2) is 12.3 Å². The Morgan fingerprint density at radius 2 is 2.40 bits per heavy atom. The molecule has 1 heterocycles. The third kappa shape index (κ3) is 1.67. The van der Waals surface area contributed by atoms with Gasteiger partial charge in [0.25, 0.3) is 0 Å². The number of hydrazine groups is 1. The van der Waals surface area contributed by atoms with Crippen molar-refractivity contribution in [1.29, 1.82) is 0 Å². The first-order valence-corrected chi connectivity index (χ1v) is 5.23. The average molecular weight is 210 g/mol. The largest absolute Gasteiger partial charge is 0.376 e. The molecule has 1 aliphatic carbocycles. The molecule has 84 valence electrons. The third-order valence-electron chi connectivity index (χ3n) is 3.33. The van der Waals surface area contributed by atoms with Crippen LogP contribution in [-0.2, 0) is 11.8 Å². The van der Waals surface area contributed by atoms with Crippen LogP contribution in [0, 0.1) is 0 Å². The highest BCUT2D eigenvalue weighted by Crippen LogP contribution is 2.43. The van der Waals surface area contributed by atoms with E-state index in [-0.39, 0.29) is 11.6 Å². The van der Waals surface area contributed by atoms with Gasteiger partial charge < -0.3 is 4.74 Å². The van der Waals surface area contributed by atoms with E-state index in [1.54, 1.807) is 11.8 Å². The Kier molecular flexibility index (Phi) is 2.77. The maximum Gasteiger partial charge on any atom is 0.0939 e. The van der Waals surface area contributed by atoms with Crippen molar-refractivity contribution >= 4 is 0 Å². The van der Waals surface area contributed by atoms with Crippen molar-refractivity contribution < 1.29 is 4.74 Å². The summed E-state index contributed by atoms with van der Waals surface area (Å²) >= 11 is 0. The summed E-state index contributed by atoms with van der Waals surface area (Å²) in [5.41, 5.74) is 3.61. The van der Waals surface area contributed by atoms with E-state index in [0.717, 1.165) is 18.5 Å². The zero-order valence-corrected chi connectivity index (χ0v) is 9.23. The Hall–Kier alpha value is -0.910. The van der Waals surface area contributed by atoms with Crippen LogP contribution in [0.2, 0.25) is 0 Å². The number of aryl methyl sites for hydroxylation is 1. The van der Waals surface area contributed by atoms with Crippen LogP contribution in [0.1, 0.15) is 31.0 Å². The summed E-state index contributed by atoms with van der Waals surface area (Å²) in [5.74, 6) is 5.61. The quantitative estimate of drug-likeness (QED) is 0.561. The highest BCUT2D eigenvalue weighted by Gasteiger charge is 2.45. The minimum atomic E-state index is -0.164. The SMILES string of the molecule is COC1(C(NN)c2ccn(C)n2)CCC1. The topological polar surface area (TPSA) is 65.1 Å². The summed E-state index contributed by atoms with van der Waals surface area (Å²) in [6.45, 7) is 0. The number of aromatic nitrogens is 2. The predicted octanol–water partition coefficient (Wildman–Crippen LogP) is 0.494. The molecule has 0 saturated heterocycles. The van der Waals surface area contributed by atoms with Crippen molar-refractivity contribution in [2.75, 3.05) is 7.11 Å². The lowest BCUT2D eigenvalue weighted by atomic mass is 9.73. The van der Waals surface area contributed by atoms with E-state index in [2.05, 4.69) is 10.5 Å². The van der Waals surface area contributed by atoms with Gasteiger partial charge in [-0.3, -0.25) is 10.5 Å². The molecule has 1 unspecified atom stereocenters. The lowest BCUT2D eigenvalue weighted by Crippen LogP contribution is -2.52. The standard InChI is InChI=1S/C10H18N4O/c1-14-7-4-8(13-14)9(12-11)10(15-2)5-3-6-10/h4,7,9,12H,3,5-6,11H2,1-2H3. The van der Waals surface area contributed by atoms with Crippen molar-refractivity contribution in [3.05, 3.63) is 18.0 Å². The second kappa shape index (κ2) is 3.92. The minimum absolute atomic E-state index is 0.0163. The van der Waals surface area contributed by atoms with Crippen LogP contribution in [0.5, 0.6) is 0 Å². The molecule has 1 atom stereocenters. The van der Waals surface area contributed by atoms with E-state index in [1.165, 1.54) is 6.42 Å². The van der Waals surface area contributed by atoms with E-state index in [4.69, 9.17) is 10.6 Å². The molecule has 0 spiro atoms. The Morgan fingerprint density at radius 1 is 1.67 bits per heavy atom. The van der Waals surface area contributed by atoms with Crippen molar-refractivity contribution in [2.24, 2.45) is 12.9 Å². The van der Waals surface area contributed by atoms with Gasteiger partial charge in [-0.25, -0.2) is 5.43 Å². The number of hydrogen-bond acceptors (Lipinski definition) is 4. The molecular formula is C10H18N4O. The van der Waals surface area contributed by atoms with Gasteiger partial charge in [-0.05, 0) is 25.3 Å². The summed E-state index contributed by atoms with van der Waals surface area (Å²) in [4.78, 5) is 0. The fourth-order valence-corrected chi connectivity index (χ4v) is 2.23. The molecule has 15 heavy (non-hydrogen) atoms. The molecule has 1 saturated carbocycles. The molecule has 0 amide bonds. The van der Waals surface area contributed by atoms with Crippen LogP contribution in [0.3, 0.4) is 0 Å². The van der Waals surface area contributed by atoms with Gasteiger partial charge >= 0.3 is 0 Å². The van der Waals surface area contributed by atoms with Crippen LogP contribution in [-0.4, -0.2) is 22.5 Å². The van der Waals surface area contributed by atoms with E-state index >= 15 is 0 Å². The Bertz CT molecular complexity index is 326. The summed E-state index contributed by atoms with van der Waals surface area (Å²) in [6, 6.07) is 1.96. The molecule has 0 radical (unpaired) electrons. The second-order valence-corrected chi connectivity index (χ2v) is 4.14. The predicted molar refractivity (Wildman–Crippen MR) is 56.9 cm³/mol. The molecule has 0 aliphatic heterocycles. The number of methoxy groups -OCH3 is 1. The molecule has 0 bridgehead atoms. The Balaban J connectivity index is 2.23. The van der Waals surface area contributed by atoms with Crippen molar-refractivity contribution in [2.45, 2.75) is 30.9 Å². The lowest BCUT2D eigenvalue weighted by Gasteiger charge is -2.45. The number of nitrogens with two attached hydrogens (primary N) is 1. The zero-order valence-electron chi connectivity index (χ0n) is 9.23. The molecule has 1 aromatic rings. The molecule has 1 fully saturated rings. The van der Waals surface area contributed by atoms with Crippen molar-refractivity contribution in [3.63, 3.8) is 0 Å². The second-order valence-electron chi connectivity index (χ2n) is 4.14. The number of rotatable bonds is 4. The zero-order chi connectivity index (χ0) is 10.9. The van der Waals surface area contributed by atoms with Crippen LogP contribution >= 0.6 is 0 Å². The van der Waals surface area contributed by atoms with Crippen molar-refractivity contribution in [3.8, 4) is 0 Å². The van der Waals surface area contributed by atoms with E-state index in [0.29, 0.717) is 0 Å². The average Bonchev–Trinajstić information content (AvgIpc) is 2.58. The molecule has 0 aromatic carbocycles. The Labute approximate surface area is 89.6 Å². The first kappa shape index (κ1) is 10.6. The van der Waals surface area contributed by atoms with Gasteiger partial charge in [0, 0.05) is 20.4 Å². The van der Waals surface area contributed by atoms with Crippen LogP contribution < -0.4 is 11.3 Å². The number of ether oxygens (including phenoxy) is 1. The molecule has 5 nitrogen and oxygen atoms in total. The molecule has 5 heteroatoms. The number of nitrogens with one attached hydrogen (secondary N) is 1. The highest BCUT2D eigenvalue weighted by atomic mass is 16.5. The highest BCUT2D eigenvalue weighted by molar-refractivity contribution is 5.14. The van der Waals surface area contributed by atoms with Gasteiger partial charge in [-0.1, -0.05) is 0 Å². The third-order valence-corrected chi connectivity index (χ3v) is 3.33. The maximum absolute atomic E-state index is 5.61. The first-order chi connectivity index (χ1) is 7.22. The van der Waals surface area contributed by atoms with Gasteiger partial charge in [0.2, 0.25) is 0 Å². The monoisotopic (exact) mass is 210 g/mol. The van der Waals surface area contributed by atoms with E-state index in [1.807, 2.05) is 19.3 Å². The summed E-state index contributed by atoms with van der Waals surface area (Å²) in [5, 5.41) is 4.37. The first-order valence-electron chi connectivity index (χ1n) is 5.23. The normalized spacial score (nSPS) is 21.0. The minimum Gasteiger partial charge on any atom is -0.376 e. The lowest BCUT2D eigenvalue weighted by molar-refractivity contribution is -0.101. The summed E-state index contributed by atoms with van der Waals surface area (Å²) in [7, 11) is 3.64. The molecular weight excluding hydrogens is 192 g/mol. The fraction of sp³-hybridized carbons (Fsp3) is 0.700. The molecule has 2 rings (SSSR count). The molecule has 1 aromatic heterocycles. The maximum atomic E-state index is 5.61. The molecule has 1 aliphatic rings.